The molecule has 0 radical (unpaired) electrons. The number of hydrogen-bond acceptors (Lipinski definition) is 4. The van der Waals surface area contributed by atoms with E-state index in [1.165, 1.54) is 4.90 Å². The molecule has 0 unspecified atom stereocenters. The molecule has 0 aliphatic carbocycles. The van der Waals surface area contributed by atoms with Crippen LogP contribution in [0.2, 0.25) is 0 Å². The molecule has 3 N–H and O–H groups in total. The van der Waals surface area contributed by atoms with Gasteiger partial charge in [0.1, 0.15) is 6.04 Å². The summed E-state index contributed by atoms with van der Waals surface area (Å²) < 4.78 is 0. The molecule has 0 aromatic heterocycles. The summed E-state index contributed by atoms with van der Waals surface area (Å²) in [6, 6.07) is 24.0. The van der Waals surface area contributed by atoms with Gasteiger partial charge in [0.25, 0.3) is 5.91 Å². The first-order chi connectivity index (χ1) is 16.4. The van der Waals surface area contributed by atoms with Crippen molar-refractivity contribution >= 4 is 17.5 Å². The van der Waals surface area contributed by atoms with Crippen molar-refractivity contribution in [3.63, 3.8) is 0 Å². The number of amides is 2. The third-order valence-electron chi connectivity index (χ3n) is 6.23. The van der Waals surface area contributed by atoms with Gasteiger partial charge in [-0.2, -0.15) is 0 Å². The van der Waals surface area contributed by atoms with E-state index < -0.39 is 12.1 Å². The lowest BCUT2D eigenvalue weighted by Gasteiger charge is -2.24. The molecule has 4 rings (SSSR count). The van der Waals surface area contributed by atoms with Gasteiger partial charge in [0.2, 0.25) is 5.91 Å². The van der Waals surface area contributed by atoms with Crippen molar-refractivity contribution in [1.82, 2.24) is 10.2 Å². The van der Waals surface area contributed by atoms with E-state index in [1.807, 2.05) is 73.7 Å². The molecule has 1 aliphatic heterocycles. The molecular formula is C28H29N3O3. The van der Waals surface area contributed by atoms with Crippen molar-refractivity contribution in [3.05, 3.63) is 95.6 Å². The third kappa shape index (κ3) is 5.24. The number of nitrogens with one attached hydrogen (secondary N) is 2. The highest BCUT2D eigenvalue weighted by Gasteiger charge is 2.37. The fourth-order valence-corrected chi connectivity index (χ4v) is 4.32. The summed E-state index contributed by atoms with van der Waals surface area (Å²) in [5.74, 6) is -0.560. The zero-order chi connectivity index (χ0) is 24.1. The molecule has 1 fully saturated rings. The van der Waals surface area contributed by atoms with Crippen LogP contribution in [0.3, 0.4) is 0 Å². The van der Waals surface area contributed by atoms with Crippen LogP contribution in [0.1, 0.15) is 40.4 Å². The van der Waals surface area contributed by atoms with Crippen LogP contribution < -0.4 is 5.32 Å². The summed E-state index contributed by atoms with van der Waals surface area (Å²) in [4.78, 5) is 27.5. The van der Waals surface area contributed by atoms with E-state index >= 15 is 0 Å². The number of likely N-dealkylation sites (tertiary alicyclic amines) is 1. The van der Waals surface area contributed by atoms with Gasteiger partial charge in [0.05, 0.1) is 12.6 Å². The standard InChI is InChI=1S/C28H29N3O3/c1-19-7-5-6-10-24(19)20-11-13-22(14-12-20)28(34)31-18-23(29)17-25(31)27(33)30-16-15-26(32)21-8-3-2-4-9-21/h2-14,25-26,29,32H,15-18H2,1H3,(H,30,33)/t25-,26+/m0/s1. The molecule has 0 spiro atoms. The van der Waals surface area contributed by atoms with E-state index in [4.69, 9.17) is 5.41 Å². The molecule has 34 heavy (non-hydrogen) atoms. The number of aliphatic hydroxyl groups is 1. The monoisotopic (exact) mass is 455 g/mol. The minimum Gasteiger partial charge on any atom is -0.388 e. The largest absolute Gasteiger partial charge is 0.388 e. The first-order valence-electron chi connectivity index (χ1n) is 11.5. The van der Waals surface area contributed by atoms with Crippen LogP contribution in [-0.2, 0) is 4.79 Å². The van der Waals surface area contributed by atoms with Crippen molar-refractivity contribution in [3.8, 4) is 11.1 Å². The minimum atomic E-state index is -0.718. The lowest BCUT2D eigenvalue weighted by atomic mass is 9.99. The molecule has 1 heterocycles. The number of benzene rings is 3. The number of rotatable bonds is 7. The molecule has 3 aromatic rings. The van der Waals surface area contributed by atoms with Crippen molar-refractivity contribution in [2.24, 2.45) is 0 Å². The van der Waals surface area contributed by atoms with Crippen LogP contribution in [0.25, 0.3) is 11.1 Å². The van der Waals surface area contributed by atoms with Gasteiger partial charge in [-0.25, -0.2) is 0 Å². The molecule has 6 heteroatoms. The van der Waals surface area contributed by atoms with Gasteiger partial charge in [-0.3, -0.25) is 9.59 Å². The van der Waals surface area contributed by atoms with E-state index in [0.717, 1.165) is 22.3 Å². The Bertz CT molecular complexity index is 1180. The van der Waals surface area contributed by atoms with E-state index in [-0.39, 0.29) is 31.3 Å². The van der Waals surface area contributed by atoms with Crippen LogP contribution in [0.4, 0.5) is 0 Å². The molecule has 3 aromatic carbocycles. The fraction of sp³-hybridized carbons (Fsp3) is 0.250. The van der Waals surface area contributed by atoms with Gasteiger partial charge in [-0.15, -0.1) is 0 Å². The minimum absolute atomic E-state index is 0.142. The second kappa shape index (κ2) is 10.4. The molecule has 174 valence electrons. The Labute approximate surface area is 199 Å². The van der Waals surface area contributed by atoms with Crippen LogP contribution >= 0.6 is 0 Å². The van der Waals surface area contributed by atoms with Crippen molar-refractivity contribution in [2.75, 3.05) is 13.1 Å². The average Bonchev–Trinajstić information content (AvgIpc) is 3.26. The van der Waals surface area contributed by atoms with Crippen molar-refractivity contribution < 1.29 is 14.7 Å². The van der Waals surface area contributed by atoms with E-state index in [0.29, 0.717) is 17.7 Å². The maximum absolute atomic E-state index is 13.2. The highest BCUT2D eigenvalue weighted by atomic mass is 16.3. The molecule has 0 bridgehead atoms. The second-order valence-electron chi connectivity index (χ2n) is 8.65. The maximum Gasteiger partial charge on any atom is 0.254 e. The van der Waals surface area contributed by atoms with E-state index in [2.05, 4.69) is 5.32 Å². The number of aliphatic hydroxyl groups excluding tert-OH is 1. The summed E-state index contributed by atoms with van der Waals surface area (Å²) in [7, 11) is 0. The Kier molecular flexibility index (Phi) is 7.18. The molecule has 1 saturated heterocycles. The Morgan fingerprint density at radius 1 is 1.03 bits per heavy atom. The molecular weight excluding hydrogens is 426 g/mol. The molecule has 2 atom stereocenters. The quantitative estimate of drug-likeness (QED) is 0.500. The first-order valence-corrected chi connectivity index (χ1v) is 11.5. The topological polar surface area (TPSA) is 93.5 Å². The van der Waals surface area contributed by atoms with Crippen molar-refractivity contribution in [2.45, 2.75) is 31.9 Å². The number of nitrogens with zero attached hydrogens (tertiary/aromatic N) is 1. The van der Waals surface area contributed by atoms with E-state index in [9.17, 15) is 14.7 Å². The number of carbonyl (C=O) groups excluding carboxylic acids is 2. The predicted molar refractivity (Wildman–Crippen MR) is 133 cm³/mol. The Balaban J connectivity index is 1.39. The first kappa shape index (κ1) is 23.4. The summed E-state index contributed by atoms with van der Waals surface area (Å²) in [6.07, 6.45) is -0.0817. The zero-order valence-corrected chi connectivity index (χ0v) is 19.2. The smallest absolute Gasteiger partial charge is 0.254 e. The lowest BCUT2D eigenvalue weighted by Crippen LogP contribution is -2.46. The Morgan fingerprint density at radius 3 is 2.41 bits per heavy atom. The van der Waals surface area contributed by atoms with Crippen LogP contribution in [0.5, 0.6) is 0 Å². The SMILES string of the molecule is Cc1ccccc1-c1ccc(C(=O)N2CC(=N)C[C@H]2C(=O)NCC[C@@H](O)c2ccccc2)cc1. The molecule has 6 nitrogen and oxygen atoms in total. The molecule has 1 aliphatic rings. The second-order valence-corrected chi connectivity index (χ2v) is 8.65. The van der Waals surface area contributed by atoms with Gasteiger partial charge >= 0.3 is 0 Å². The van der Waals surface area contributed by atoms with E-state index in [1.54, 1.807) is 12.1 Å². The zero-order valence-electron chi connectivity index (χ0n) is 19.2. The average molecular weight is 456 g/mol. The van der Waals surface area contributed by atoms with Gasteiger partial charge in [-0.05, 0) is 47.7 Å². The molecule has 0 saturated carbocycles. The highest BCUT2D eigenvalue weighted by molar-refractivity contribution is 6.04. The van der Waals surface area contributed by atoms with Gasteiger partial charge < -0.3 is 20.7 Å². The van der Waals surface area contributed by atoms with Gasteiger partial charge in [0.15, 0.2) is 0 Å². The van der Waals surface area contributed by atoms with Gasteiger partial charge in [-0.1, -0.05) is 66.7 Å². The van der Waals surface area contributed by atoms with Gasteiger partial charge in [0, 0.05) is 24.2 Å². The number of carbonyl (C=O) groups is 2. The lowest BCUT2D eigenvalue weighted by molar-refractivity contribution is -0.124. The summed E-state index contributed by atoms with van der Waals surface area (Å²) >= 11 is 0. The van der Waals surface area contributed by atoms with Crippen LogP contribution in [0.15, 0.2) is 78.9 Å². The third-order valence-corrected chi connectivity index (χ3v) is 6.23. The number of aryl methyl sites for hydroxylation is 1. The fourth-order valence-electron chi connectivity index (χ4n) is 4.32. The molecule has 2 amide bonds. The Hall–Kier alpha value is -3.77. The Morgan fingerprint density at radius 2 is 1.71 bits per heavy atom. The summed E-state index contributed by atoms with van der Waals surface area (Å²) in [5.41, 5.74) is 4.93. The predicted octanol–water partition coefficient (Wildman–Crippen LogP) is 4.14. The van der Waals surface area contributed by atoms with Crippen LogP contribution in [-0.4, -0.2) is 46.7 Å². The summed E-state index contributed by atoms with van der Waals surface area (Å²) in [5, 5.41) is 21.2. The van der Waals surface area contributed by atoms with Crippen molar-refractivity contribution in [1.29, 1.82) is 5.41 Å². The highest BCUT2D eigenvalue weighted by Crippen LogP contribution is 2.25. The number of hydrogen-bond donors (Lipinski definition) is 3. The maximum atomic E-state index is 13.2. The summed E-state index contributed by atoms with van der Waals surface area (Å²) in [6.45, 7) is 2.47. The van der Waals surface area contributed by atoms with Crippen LogP contribution in [0, 0.1) is 12.3 Å². The normalized spacial score (nSPS) is 16.4.